The highest BCUT2D eigenvalue weighted by molar-refractivity contribution is 5.77. The molecule has 0 bridgehead atoms. The molecule has 1 aliphatic heterocycles. The molecule has 2 aromatic rings. The second-order valence-corrected chi connectivity index (χ2v) is 6.72. The molecule has 1 fully saturated rings. The van der Waals surface area contributed by atoms with Crippen LogP contribution in [-0.2, 0) is 17.8 Å². The van der Waals surface area contributed by atoms with Gasteiger partial charge < -0.3 is 19.1 Å². The average molecular weight is 359 g/mol. The van der Waals surface area contributed by atoms with Gasteiger partial charge in [0.1, 0.15) is 5.76 Å². The van der Waals surface area contributed by atoms with Crippen molar-refractivity contribution in [2.45, 2.75) is 38.3 Å². The molecule has 1 saturated heterocycles. The number of nitrogens with zero attached hydrogens (tertiary/aromatic N) is 5. The van der Waals surface area contributed by atoms with Gasteiger partial charge in [-0.3, -0.25) is 4.79 Å². The zero-order chi connectivity index (χ0) is 18.5. The van der Waals surface area contributed by atoms with Crippen LogP contribution in [0.5, 0.6) is 5.88 Å². The van der Waals surface area contributed by atoms with Crippen molar-refractivity contribution in [1.29, 1.82) is 0 Å². The molecule has 26 heavy (non-hydrogen) atoms. The Kier molecular flexibility index (Phi) is 5.82. The molecule has 8 nitrogen and oxygen atoms in total. The predicted octanol–water partition coefficient (Wildman–Crippen LogP) is 1.83. The van der Waals surface area contributed by atoms with E-state index in [9.17, 15) is 4.79 Å². The van der Waals surface area contributed by atoms with E-state index in [1.807, 2.05) is 25.1 Å². The number of hydrogen-bond donors (Lipinski definition) is 0. The SMILES string of the molecule is COc1cc(CCC(=O)N2CCCC2c2nccc(CN(C)C)n2)on1. The van der Waals surface area contributed by atoms with Crippen LogP contribution in [0.1, 0.15) is 42.6 Å². The van der Waals surface area contributed by atoms with Crippen LogP contribution in [0.15, 0.2) is 22.9 Å². The van der Waals surface area contributed by atoms with E-state index in [-0.39, 0.29) is 11.9 Å². The van der Waals surface area contributed by atoms with Gasteiger partial charge in [0.25, 0.3) is 5.88 Å². The largest absolute Gasteiger partial charge is 0.479 e. The number of amides is 1. The van der Waals surface area contributed by atoms with Gasteiger partial charge in [-0.1, -0.05) is 0 Å². The van der Waals surface area contributed by atoms with Gasteiger partial charge in [0.05, 0.1) is 18.8 Å². The summed E-state index contributed by atoms with van der Waals surface area (Å²) >= 11 is 0. The molecular weight excluding hydrogens is 334 g/mol. The zero-order valence-corrected chi connectivity index (χ0v) is 15.5. The molecule has 3 heterocycles. The van der Waals surface area contributed by atoms with Crippen LogP contribution in [0.3, 0.4) is 0 Å². The lowest BCUT2D eigenvalue weighted by atomic mass is 10.1. The highest BCUT2D eigenvalue weighted by Gasteiger charge is 2.31. The number of carbonyl (C=O) groups excluding carboxylic acids is 1. The fourth-order valence-corrected chi connectivity index (χ4v) is 3.20. The van der Waals surface area contributed by atoms with E-state index in [0.717, 1.165) is 37.4 Å². The maximum absolute atomic E-state index is 12.7. The molecule has 3 rings (SSSR count). The van der Waals surface area contributed by atoms with Crippen LogP contribution >= 0.6 is 0 Å². The summed E-state index contributed by atoms with van der Waals surface area (Å²) in [6.45, 7) is 1.49. The summed E-state index contributed by atoms with van der Waals surface area (Å²) in [5, 5.41) is 3.76. The number of methoxy groups -OCH3 is 1. The number of likely N-dealkylation sites (tertiary alicyclic amines) is 1. The normalized spacial score (nSPS) is 17.1. The summed E-state index contributed by atoms with van der Waals surface area (Å²) in [5.41, 5.74) is 0.966. The first-order chi connectivity index (χ1) is 12.6. The molecule has 0 saturated carbocycles. The molecule has 0 radical (unpaired) electrons. The van der Waals surface area contributed by atoms with Crippen LogP contribution in [0, 0.1) is 0 Å². The van der Waals surface area contributed by atoms with Gasteiger partial charge in [-0.25, -0.2) is 9.97 Å². The molecular formula is C18H25N5O3. The minimum Gasteiger partial charge on any atom is -0.479 e. The van der Waals surface area contributed by atoms with Crippen molar-refractivity contribution in [3.05, 3.63) is 35.6 Å². The summed E-state index contributed by atoms with van der Waals surface area (Å²) in [4.78, 5) is 25.8. The Labute approximate surface area is 153 Å². The molecule has 0 spiro atoms. The fraction of sp³-hybridized carbons (Fsp3) is 0.556. The number of carbonyl (C=O) groups is 1. The van der Waals surface area contributed by atoms with Crippen molar-refractivity contribution >= 4 is 5.91 Å². The average Bonchev–Trinajstić information content (AvgIpc) is 3.28. The monoisotopic (exact) mass is 359 g/mol. The predicted molar refractivity (Wildman–Crippen MR) is 94.5 cm³/mol. The van der Waals surface area contributed by atoms with E-state index >= 15 is 0 Å². The third-order valence-corrected chi connectivity index (χ3v) is 4.41. The standard InChI is InChI=1S/C18H25N5O3/c1-22(2)12-13-8-9-19-18(20-13)15-5-4-10-23(15)17(24)7-6-14-11-16(25-3)21-26-14/h8-9,11,15H,4-7,10,12H2,1-3H3. The quantitative estimate of drug-likeness (QED) is 0.745. The molecule has 0 aromatic carbocycles. The number of aryl methyl sites for hydroxylation is 1. The van der Waals surface area contributed by atoms with Gasteiger partial charge in [-0.2, -0.15) is 0 Å². The van der Waals surface area contributed by atoms with Crippen LogP contribution in [0.2, 0.25) is 0 Å². The van der Waals surface area contributed by atoms with Gasteiger partial charge in [-0.15, -0.1) is 0 Å². The zero-order valence-electron chi connectivity index (χ0n) is 15.5. The van der Waals surface area contributed by atoms with Crippen LogP contribution in [0.4, 0.5) is 0 Å². The highest BCUT2D eigenvalue weighted by atomic mass is 16.5. The Morgan fingerprint density at radius 1 is 1.46 bits per heavy atom. The number of hydrogen-bond acceptors (Lipinski definition) is 7. The Balaban J connectivity index is 1.64. The second-order valence-electron chi connectivity index (χ2n) is 6.72. The summed E-state index contributed by atoms with van der Waals surface area (Å²) in [6.07, 6.45) is 4.51. The van der Waals surface area contributed by atoms with Crippen molar-refractivity contribution in [3.63, 3.8) is 0 Å². The lowest BCUT2D eigenvalue weighted by Gasteiger charge is -2.24. The third-order valence-electron chi connectivity index (χ3n) is 4.41. The minimum atomic E-state index is -0.0473. The van der Waals surface area contributed by atoms with Gasteiger partial charge >= 0.3 is 0 Å². The van der Waals surface area contributed by atoms with Crippen molar-refractivity contribution in [2.24, 2.45) is 0 Å². The third kappa shape index (κ3) is 4.37. The first-order valence-electron chi connectivity index (χ1n) is 8.82. The Hall–Kier alpha value is -2.48. The van der Waals surface area contributed by atoms with E-state index in [2.05, 4.69) is 20.0 Å². The van der Waals surface area contributed by atoms with Crippen molar-refractivity contribution < 1.29 is 14.1 Å². The molecule has 0 aliphatic carbocycles. The van der Waals surface area contributed by atoms with Crippen molar-refractivity contribution in [2.75, 3.05) is 27.7 Å². The number of rotatable bonds is 7. The van der Waals surface area contributed by atoms with Gasteiger partial charge in [0.15, 0.2) is 5.82 Å². The summed E-state index contributed by atoms with van der Waals surface area (Å²) in [7, 11) is 5.55. The molecule has 1 unspecified atom stereocenters. The number of ether oxygens (including phenoxy) is 1. The summed E-state index contributed by atoms with van der Waals surface area (Å²) < 4.78 is 10.2. The summed E-state index contributed by atoms with van der Waals surface area (Å²) in [6, 6.07) is 3.58. The highest BCUT2D eigenvalue weighted by Crippen LogP contribution is 2.30. The lowest BCUT2D eigenvalue weighted by molar-refractivity contribution is -0.132. The van der Waals surface area contributed by atoms with Crippen molar-refractivity contribution in [3.8, 4) is 5.88 Å². The van der Waals surface area contributed by atoms with E-state index in [1.54, 1.807) is 12.3 Å². The number of aromatic nitrogens is 3. The summed E-state index contributed by atoms with van der Waals surface area (Å²) in [5.74, 6) is 1.90. The van der Waals surface area contributed by atoms with E-state index < -0.39 is 0 Å². The Bertz CT molecular complexity index is 746. The van der Waals surface area contributed by atoms with E-state index in [4.69, 9.17) is 9.26 Å². The van der Waals surface area contributed by atoms with Crippen LogP contribution < -0.4 is 4.74 Å². The molecule has 1 aliphatic rings. The van der Waals surface area contributed by atoms with Gasteiger partial charge in [0, 0.05) is 38.2 Å². The molecule has 1 atom stereocenters. The van der Waals surface area contributed by atoms with Crippen LogP contribution in [-0.4, -0.2) is 58.6 Å². The van der Waals surface area contributed by atoms with Gasteiger partial charge in [-0.05, 0) is 38.2 Å². The topological polar surface area (TPSA) is 84.6 Å². The Morgan fingerprint density at radius 3 is 3.04 bits per heavy atom. The van der Waals surface area contributed by atoms with Gasteiger partial charge in [0.2, 0.25) is 5.91 Å². The maximum atomic E-state index is 12.7. The first kappa shape index (κ1) is 18.3. The molecule has 140 valence electrons. The fourth-order valence-electron chi connectivity index (χ4n) is 3.20. The molecule has 2 aromatic heterocycles. The molecule has 1 amide bonds. The second kappa shape index (κ2) is 8.27. The van der Waals surface area contributed by atoms with Crippen molar-refractivity contribution in [1.82, 2.24) is 24.9 Å². The molecule has 0 N–H and O–H groups in total. The Morgan fingerprint density at radius 2 is 2.31 bits per heavy atom. The minimum absolute atomic E-state index is 0.0473. The molecule has 8 heteroatoms. The maximum Gasteiger partial charge on any atom is 0.254 e. The van der Waals surface area contributed by atoms with Crippen LogP contribution in [0.25, 0.3) is 0 Å². The van der Waals surface area contributed by atoms with E-state index in [1.165, 1.54) is 7.11 Å². The first-order valence-corrected chi connectivity index (χ1v) is 8.82. The lowest BCUT2D eigenvalue weighted by Crippen LogP contribution is -2.31. The smallest absolute Gasteiger partial charge is 0.254 e. The van der Waals surface area contributed by atoms with E-state index in [0.29, 0.717) is 24.5 Å².